The van der Waals surface area contributed by atoms with Crippen molar-refractivity contribution in [2.75, 3.05) is 13.1 Å². The lowest BCUT2D eigenvalue weighted by molar-refractivity contribution is 0.0772. The Balaban J connectivity index is 3.20. The first-order chi connectivity index (χ1) is 8.58. The molecular weight excluding hydrogens is 230 g/mol. The maximum atomic E-state index is 12.3. The van der Waals surface area contributed by atoms with E-state index >= 15 is 0 Å². The zero-order valence-corrected chi connectivity index (χ0v) is 11.2. The number of aryl methyl sites for hydroxylation is 1. The number of benzene rings is 1. The summed E-state index contributed by atoms with van der Waals surface area (Å²) in [6, 6.07) is 3.45. The van der Waals surface area contributed by atoms with Crippen molar-refractivity contribution in [2.45, 2.75) is 34.0 Å². The molecule has 4 heteroatoms. The molecule has 0 aliphatic carbocycles. The third-order valence-electron chi connectivity index (χ3n) is 3.17. The molecule has 1 aromatic carbocycles. The molecule has 0 atom stereocenters. The van der Waals surface area contributed by atoms with E-state index in [1.54, 1.807) is 17.0 Å². The largest absolute Gasteiger partial charge is 0.392 e. The van der Waals surface area contributed by atoms with Gasteiger partial charge in [-0.2, -0.15) is 0 Å². The van der Waals surface area contributed by atoms with E-state index < -0.39 is 0 Å². The van der Waals surface area contributed by atoms with Crippen molar-refractivity contribution in [1.82, 2.24) is 4.90 Å². The van der Waals surface area contributed by atoms with Crippen molar-refractivity contribution in [2.24, 2.45) is 0 Å². The second-order valence-corrected chi connectivity index (χ2v) is 4.23. The van der Waals surface area contributed by atoms with E-state index in [1.165, 1.54) is 0 Å². The Labute approximate surface area is 108 Å². The first-order valence-corrected chi connectivity index (χ1v) is 6.22. The Kier molecular flexibility index (Phi) is 5.31. The molecule has 1 aromatic rings. The first-order valence-electron chi connectivity index (χ1n) is 6.22. The zero-order chi connectivity index (χ0) is 13.7. The van der Waals surface area contributed by atoms with Crippen LogP contribution in [-0.4, -0.2) is 34.1 Å². The fraction of sp³-hybridized carbons (Fsp3) is 0.500. The summed E-state index contributed by atoms with van der Waals surface area (Å²) in [5.74, 6) is -0.0308. The lowest BCUT2D eigenvalue weighted by atomic mass is 9.99. The van der Waals surface area contributed by atoms with Crippen molar-refractivity contribution in [3.05, 3.63) is 34.4 Å². The average molecular weight is 251 g/mol. The normalized spacial score (nSPS) is 10.5. The summed E-state index contributed by atoms with van der Waals surface area (Å²) in [4.78, 5) is 14.0. The second-order valence-electron chi connectivity index (χ2n) is 4.23. The van der Waals surface area contributed by atoms with Crippen molar-refractivity contribution >= 4 is 5.91 Å². The summed E-state index contributed by atoms with van der Waals surface area (Å²) in [7, 11) is 0. The van der Waals surface area contributed by atoms with Gasteiger partial charge in [0.1, 0.15) is 0 Å². The lowest BCUT2D eigenvalue weighted by Crippen LogP contribution is -2.31. The van der Waals surface area contributed by atoms with Crippen LogP contribution in [0.5, 0.6) is 0 Å². The van der Waals surface area contributed by atoms with Gasteiger partial charge in [-0.15, -0.1) is 0 Å². The number of hydrogen-bond acceptors (Lipinski definition) is 3. The second kappa shape index (κ2) is 6.52. The van der Waals surface area contributed by atoms with E-state index in [1.807, 2.05) is 20.8 Å². The number of carbonyl (C=O) groups is 1. The van der Waals surface area contributed by atoms with Crippen LogP contribution in [0.15, 0.2) is 12.1 Å². The predicted molar refractivity (Wildman–Crippen MR) is 70.3 cm³/mol. The molecule has 0 saturated carbocycles. The van der Waals surface area contributed by atoms with Gasteiger partial charge in [0.2, 0.25) is 0 Å². The number of rotatable bonds is 5. The molecule has 18 heavy (non-hydrogen) atoms. The molecule has 1 amide bonds. The Morgan fingerprint density at radius 2 is 1.61 bits per heavy atom. The van der Waals surface area contributed by atoms with Crippen LogP contribution in [0.2, 0.25) is 0 Å². The van der Waals surface area contributed by atoms with Gasteiger partial charge in [0.05, 0.1) is 13.2 Å². The van der Waals surface area contributed by atoms with Gasteiger partial charge in [0.25, 0.3) is 5.91 Å². The maximum absolute atomic E-state index is 12.3. The molecule has 2 N–H and O–H groups in total. The minimum atomic E-state index is -0.172. The number of aliphatic hydroxyl groups is 2. The van der Waals surface area contributed by atoms with Gasteiger partial charge in [-0.3, -0.25) is 4.79 Å². The fourth-order valence-corrected chi connectivity index (χ4v) is 2.02. The Bertz CT molecular complexity index is 425. The number of nitrogens with zero attached hydrogens (tertiary/aromatic N) is 1. The molecule has 4 nitrogen and oxygen atoms in total. The summed E-state index contributed by atoms with van der Waals surface area (Å²) in [6.07, 6.45) is 0. The molecule has 0 spiro atoms. The molecule has 0 aliphatic rings. The number of amides is 1. The van der Waals surface area contributed by atoms with Gasteiger partial charge in [0.15, 0.2) is 0 Å². The van der Waals surface area contributed by atoms with Crippen LogP contribution in [0.4, 0.5) is 0 Å². The van der Waals surface area contributed by atoms with Crippen LogP contribution in [0.25, 0.3) is 0 Å². The van der Waals surface area contributed by atoms with E-state index in [2.05, 4.69) is 0 Å². The SMILES string of the molecule is CCN(CC)C(=O)c1cc(CO)c(CO)cc1C. The number of hydrogen-bond donors (Lipinski definition) is 2. The van der Waals surface area contributed by atoms with Crippen molar-refractivity contribution in [1.29, 1.82) is 0 Å². The van der Waals surface area contributed by atoms with E-state index in [-0.39, 0.29) is 19.1 Å². The summed E-state index contributed by atoms with van der Waals surface area (Å²) < 4.78 is 0. The number of carbonyl (C=O) groups excluding carboxylic acids is 1. The third kappa shape index (κ3) is 2.89. The minimum Gasteiger partial charge on any atom is -0.392 e. The van der Waals surface area contributed by atoms with Gasteiger partial charge >= 0.3 is 0 Å². The topological polar surface area (TPSA) is 60.8 Å². The molecule has 100 valence electrons. The van der Waals surface area contributed by atoms with Crippen LogP contribution < -0.4 is 0 Å². The van der Waals surface area contributed by atoms with Gasteiger partial charge in [0, 0.05) is 18.7 Å². The van der Waals surface area contributed by atoms with E-state index in [9.17, 15) is 15.0 Å². The first kappa shape index (κ1) is 14.7. The Morgan fingerprint density at radius 1 is 1.11 bits per heavy atom. The third-order valence-corrected chi connectivity index (χ3v) is 3.17. The highest BCUT2D eigenvalue weighted by atomic mass is 16.3. The monoisotopic (exact) mass is 251 g/mol. The van der Waals surface area contributed by atoms with Crippen molar-refractivity contribution in [3.8, 4) is 0 Å². The molecule has 0 bridgehead atoms. The molecular formula is C14H21NO3. The smallest absolute Gasteiger partial charge is 0.254 e. The lowest BCUT2D eigenvalue weighted by Gasteiger charge is -2.21. The van der Waals surface area contributed by atoms with E-state index in [0.29, 0.717) is 29.8 Å². The van der Waals surface area contributed by atoms with Crippen molar-refractivity contribution < 1.29 is 15.0 Å². The fourth-order valence-electron chi connectivity index (χ4n) is 2.02. The van der Waals surface area contributed by atoms with Gasteiger partial charge in [-0.25, -0.2) is 0 Å². The van der Waals surface area contributed by atoms with Crippen LogP contribution in [0.3, 0.4) is 0 Å². The highest BCUT2D eigenvalue weighted by molar-refractivity contribution is 5.96. The zero-order valence-electron chi connectivity index (χ0n) is 11.2. The van der Waals surface area contributed by atoms with Crippen LogP contribution in [0.1, 0.15) is 40.9 Å². The quantitative estimate of drug-likeness (QED) is 0.833. The van der Waals surface area contributed by atoms with Crippen LogP contribution in [0, 0.1) is 6.92 Å². The number of aliphatic hydroxyl groups excluding tert-OH is 2. The average Bonchev–Trinajstić information content (AvgIpc) is 2.39. The molecule has 1 rings (SSSR count). The highest BCUT2D eigenvalue weighted by Crippen LogP contribution is 2.19. The summed E-state index contributed by atoms with van der Waals surface area (Å²) in [5, 5.41) is 18.5. The summed E-state index contributed by atoms with van der Waals surface area (Å²) in [5.41, 5.74) is 2.71. The standard InChI is InChI=1S/C14H21NO3/c1-4-15(5-2)14(18)13-7-12(9-17)11(8-16)6-10(13)3/h6-7,16-17H,4-5,8-9H2,1-3H3. The Morgan fingerprint density at radius 3 is 2.06 bits per heavy atom. The van der Waals surface area contributed by atoms with E-state index in [4.69, 9.17) is 0 Å². The molecule has 0 aromatic heterocycles. The highest BCUT2D eigenvalue weighted by Gasteiger charge is 2.16. The molecule has 0 heterocycles. The van der Waals surface area contributed by atoms with Crippen molar-refractivity contribution in [3.63, 3.8) is 0 Å². The molecule has 0 aliphatic heterocycles. The molecule has 0 fully saturated rings. The van der Waals surface area contributed by atoms with Gasteiger partial charge in [-0.1, -0.05) is 6.07 Å². The molecule has 0 radical (unpaired) electrons. The van der Waals surface area contributed by atoms with E-state index in [0.717, 1.165) is 5.56 Å². The molecule has 0 saturated heterocycles. The molecule has 0 unspecified atom stereocenters. The summed E-state index contributed by atoms with van der Waals surface area (Å²) in [6.45, 7) is 6.73. The van der Waals surface area contributed by atoms with Gasteiger partial charge in [-0.05, 0) is 43.5 Å². The Hall–Kier alpha value is -1.39. The van der Waals surface area contributed by atoms with Crippen LogP contribution in [-0.2, 0) is 13.2 Å². The van der Waals surface area contributed by atoms with Crippen LogP contribution >= 0.6 is 0 Å². The summed E-state index contributed by atoms with van der Waals surface area (Å²) >= 11 is 0. The van der Waals surface area contributed by atoms with Gasteiger partial charge < -0.3 is 15.1 Å². The predicted octanol–water partition coefficient (Wildman–Crippen LogP) is 1.46. The maximum Gasteiger partial charge on any atom is 0.254 e. The minimum absolute atomic E-state index is 0.0308.